The van der Waals surface area contributed by atoms with Crippen LogP contribution in [0.2, 0.25) is 10.0 Å². The van der Waals surface area contributed by atoms with E-state index in [1.165, 1.54) is 30.1 Å². The summed E-state index contributed by atoms with van der Waals surface area (Å²) in [6.45, 7) is 0.0361. The maximum Gasteiger partial charge on any atom is 0.332 e. The highest BCUT2D eigenvalue weighted by Crippen LogP contribution is 2.46. The Morgan fingerprint density at radius 1 is 1.19 bits per heavy atom. The molecule has 2 aromatic rings. The van der Waals surface area contributed by atoms with Crippen molar-refractivity contribution in [3.8, 4) is 6.07 Å². The van der Waals surface area contributed by atoms with Gasteiger partial charge in [-0.05, 0) is 35.9 Å². The van der Waals surface area contributed by atoms with E-state index in [9.17, 15) is 19.5 Å². The number of nitrogens with zero attached hydrogens (tertiary/aromatic N) is 4. The van der Waals surface area contributed by atoms with Gasteiger partial charge < -0.3 is 10.0 Å². The van der Waals surface area contributed by atoms with E-state index in [0.29, 0.717) is 5.56 Å². The summed E-state index contributed by atoms with van der Waals surface area (Å²) >= 11 is 12.2. The van der Waals surface area contributed by atoms with Gasteiger partial charge in [-0.15, -0.1) is 0 Å². The Balaban J connectivity index is 1.82. The van der Waals surface area contributed by atoms with Crippen LogP contribution in [0.4, 0.5) is 10.5 Å². The molecule has 164 valence electrons. The van der Waals surface area contributed by atoms with Crippen molar-refractivity contribution in [1.82, 2.24) is 9.80 Å². The number of aliphatic carboxylic acids is 1. The molecular weight excluding hydrogens is 455 g/mol. The number of carboxylic acids is 1. The first-order valence-electron chi connectivity index (χ1n) is 9.70. The molecule has 2 atom stereocenters. The fraction of sp³-hybridized carbons (Fsp3) is 0.273. The van der Waals surface area contributed by atoms with E-state index in [1.807, 2.05) is 0 Å². The number of urea groups is 1. The number of nitriles is 1. The molecule has 0 aliphatic carbocycles. The first-order chi connectivity index (χ1) is 15.2. The second kappa shape index (κ2) is 8.10. The molecule has 32 heavy (non-hydrogen) atoms. The number of hydrogen-bond acceptors (Lipinski definition) is 5. The second-order valence-corrected chi connectivity index (χ2v) is 8.76. The molecule has 2 aromatic carbocycles. The van der Waals surface area contributed by atoms with Gasteiger partial charge >= 0.3 is 12.0 Å². The molecule has 0 bridgehead atoms. The number of imide groups is 1. The van der Waals surface area contributed by atoms with Crippen molar-refractivity contribution in [2.45, 2.75) is 11.5 Å². The molecule has 10 heteroatoms. The van der Waals surface area contributed by atoms with Crippen molar-refractivity contribution in [2.24, 2.45) is 0 Å². The lowest BCUT2D eigenvalue weighted by Crippen LogP contribution is -2.53. The largest absolute Gasteiger partial charge is 0.480 e. The van der Waals surface area contributed by atoms with Gasteiger partial charge in [-0.2, -0.15) is 5.26 Å². The van der Waals surface area contributed by atoms with Crippen molar-refractivity contribution in [2.75, 3.05) is 31.6 Å². The second-order valence-electron chi connectivity index (χ2n) is 7.88. The number of amides is 3. The summed E-state index contributed by atoms with van der Waals surface area (Å²) < 4.78 is 0. The van der Waals surface area contributed by atoms with Gasteiger partial charge in [-0.25, -0.2) is 9.69 Å². The summed E-state index contributed by atoms with van der Waals surface area (Å²) in [6.07, 6.45) is 0. The SMILES string of the molecule is CN1C(=O)N(c2cc(Cl)cc(Cl)c2)C(=O)C12CN(CC(=O)O)CC2c1ccc(C#N)cc1. The normalized spacial score (nSPS) is 23.2. The number of rotatable bonds is 4. The molecule has 2 heterocycles. The van der Waals surface area contributed by atoms with Crippen molar-refractivity contribution in [1.29, 1.82) is 5.26 Å². The van der Waals surface area contributed by atoms with Crippen LogP contribution in [-0.2, 0) is 9.59 Å². The first kappa shape index (κ1) is 22.1. The number of benzene rings is 2. The highest BCUT2D eigenvalue weighted by Gasteiger charge is 2.64. The van der Waals surface area contributed by atoms with E-state index in [-0.39, 0.29) is 35.4 Å². The van der Waals surface area contributed by atoms with Crippen LogP contribution in [0, 0.1) is 11.3 Å². The smallest absolute Gasteiger partial charge is 0.332 e. The fourth-order valence-corrected chi connectivity index (χ4v) is 5.12. The number of anilines is 1. The summed E-state index contributed by atoms with van der Waals surface area (Å²) in [7, 11) is 1.54. The van der Waals surface area contributed by atoms with Crippen LogP contribution in [0.1, 0.15) is 17.0 Å². The molecule has 1 spiro atoms. The van der Waals surface area contributed by atoms with E-state index >= 15 is 0 Å². The Labute approximate surface area is 194 Å². The molecule has 2 saturated heterocycles. The third-order valence-electron chi connectivity index (χ3n) is 6.04. The van der Waals surface area contributed by atoms with Crippen LogP contribution in [-0.4, -0.2) is 65.0 Å². The highest BCUT2D eigenvalue weighted by molar-refractivity contribution is 6.35. The maximum atomic E-state index is 13.9. The topological polar surface area (TPSA) is 105 Å². The Morgan fingerprint density at radius 2 is 1.81 bits per heavy atom. The van der Waals surface area contributed by atoms with Crippen molar-refractivity contribution < 1.29 is 19.5 Å². The van der Waals surface area contributed by atoms with E-state index in [2.05, 4.69) is 6.07 Å². The van der Waals surface area contributed by atoms with Gasteiger partial charge in [0.05, 0.1) is 23.9 Å². The van der Waals surface area contributed by atoms with Gasteiger partial charge in [0.25, 0.3) is 5.91 Å². The third kappa shape index (κ3) is 3.48. The molecule has 8 nitrogen and oxygen atoms in total. The minimum Gasteiger partial charge on any atom is -0.480 e. The van der Waals surface area contributed by atoms with Gasteiger partial charge in [0.15, 0.2) is 0 Å². The van der Waals surface area contributed by atoms with Gasteiger partial charge in [0.1, 0.15) is 5.54 Å². The number of likely N-dealkylation sites (tertiary alicyclic amines) is 1. The molecule has 0 radical (unpaired) electrons. The van der Waals surface area contributed by atoms with Crippen molar-refractivity contribution in [3.05, 3.63) is 63.6 Å². The molecule has 2 fully saturated rings. The van der Waals surface area contributed by atoms with E-state index < -0.39 is 29.4 Å². The summed E-state index contributed by atoms with van der Waals surface area (Å²) in [5.74, 6) is -2.01. The fourth-order valence-electron chi connectivity index (χ4n) is 4.60. The lowest BCUT2D eigenvalue weighted by Gasteiger charge is -2.34. The third-order valence-corrected chi connectivity index (χ3v) is 6.48. The zero-order valence-corrected chi connectivity index (χ0v) is 18.5. The predicted molar refractivity (Wildman–Crippen MR) is 118 cm³/mol. The summed E-state index contributed by atoms with van der Waals surface area (Å²) in [6, 6.07) is 12.7. The highest BCUT2D eigenvalue weighted by atomic mass is 35.5. The average Bonchev–Trinajstić information content (AvgIpc) is 3.19. The molecule has 0 aromatic heterocycles. The van der Waals surface area contributed by atoms with Crippen LogP contribution in [0.3, 0.4) is 0 Å². The number of hydrogen-bond donors (Lipinski definition) is 1. The molecule has 2 unspecified atom stereocenters. The van der Waals surface area contributed by atoms with E-state index in [0.717, 1.165) is 10.5 Å². The quantitative estimate of drug-likeness (QED) is 0.684. The number of carbonyl (C=O) groups is 3. The molecule has 2 aliphatic rings. The van der Waals surface area contributed by atoms with Crippen LogP contribution in [0.15, 0.2) is 42.5 Å². The monoisotopic (exact) mass is 472 g/mol. The standard InChI is InChI=1S/C22H18Cl2N4O4/c1-26-21(32)28(17-7-15(23)6-16(24)8-17)20(31)22(26)12-27(11-19(29)30)10-18(22)14-4-2-13(9-25)3-5-14/h2-8,18H,10-12H2,1H3,(H,29,30). The van der Waals surface area contributed by atoms with Crippen molar-refractivity contribution in [3.63, 3.8) is 0 Å². The Kier molecular flexibility index (Phi) is 5.59. The lowest BCUT2D eigenvalue weighted by atomic mass is 9.80. The number of carbonyl (C=O) groups excluding carboxylic acids is 2. The predicted octanol–water partition coefficient (Wildman–Crippen LogP) is 3.19. The van der Waals surface area contributed by atoms with Crippen LogP contribution >= 0.6 is 23.2 Å². The molecule has 2 aliphatic heterocycles. The number of halogens is 2. The Morgan fingerprint density at radius 3 is 2.38 bits per heavy atom. The van der Waals surface area contributed by atoms with Crippen LogP contribution in [0.5, 0.6) is 0 Å². The molecule has 3 amide bonds. The van der Waals surface area contributed by atoms with Gasteiger partial charge in [-0.3, -0.25) is 14.5 Å². The zero-order chi connectivity index (χ0) is 23.2. The van der Waals surface area contributed by atoms with Crippen LogP contribution in [0.25, 0.3) is 0 Å². The molecule has 1 N–H and O–H groups in total. The van der Waals surface area contributed by atoms with E-state index in [1.54, 1.807) is 29.2 Å². The van der Waals surface area contributed by atoms with Gasteiger partial charge in [-0.1, -0.05) is 35.3 Å². The average molecular weight is 473 g/mol. The molecular formula is C22H18Cl2N4O4. The maximum absolute atomic E-state index is 13.9. The van der Waals surface area contributed by atoms with Gasteiger partial charge in [0, 0.05) is 36.1 Å². The lowest BCUT2D eigenvalue weighted by molar-refractivity contribution is -0.138. The molecule has 0 saturated carbocycles. The summed E-state index contributed by atoms with van der Waals surface area (Å²) in [5.41, 5.74) is 0.114. The minimum atomic E-state index is -1.32. The number of likely N-dealkylation sites (N-methyl/N-ethyl adjacent to an activating group) is 1. The van der Waals surface area contributed by atoms with Crippen LogP contribution < -0.4 is 4.90 Å². The molecule has 4 rings (SSSR count). The zero-order valence-electron chi connectivity index (χ0n) is 17.0. The summed E-state index contributed by atoms with van der Waals surface area (Å²) in [5, 5.41) is 19.0. The van der Waals surface area contributed by atoms with Crippen molar-refractivity contribution >= 4 is 46.8 Å². The minimum absolute atomic E-state index is 0.0514. The summed E-state index contributed by atoms with van der Waals surface area (Å²) in [4.78, 5) is 42.6. The Hall–Kier alpha value is -3.12. The first-order valence-corrected chi connectivity index (χ1v) is 10.5. The Bertz CT molecular complexity index is 1140. The number of carboxylic acid groups (broad SMARTS) is 1. The van der Waals surface area contributed by atoms with E-state index in [4.69, 9.17) is 28.5 Å². The van der Waals surface area contributed by atoms with Gasteiger partial charge in [0.2, 0.25) is 0 Å².